The SMILES string of the molecule is Cc1cc(C)c(-n2cc(C(=O)O)c(=O)cc2C)c(C)c1. The number of aromatic nitrogens is 1. The van der Waals surface area contributed by atoms with E-state index in [0.717, 1.165) is 28.1 Å². The molecule has 0 unspecified atom stereocenters. The molecule has 0 spiro atoms. The van der Waals surface area contributed by atoms with Crippen LogP contribution in [0, 0.1) is 27.7 Å². The normalized spacial score (nSPS) is 10.6. The summed E-state index contributed by atoms with van der Waals surface area (Å²) >= 11 is 0. The van der Waals surface area contributed by atoms with Gasteiger partial charge < -0.3 is 9.67 Å². The van der Waals surface area contributed by atoms with Crippen molar-refractivity contribution in [2.24, 2.45) is 0 Å². The van der Waals surface area contributed by atoms with Crippen molar-refractivity contribution in [3.05, 3.63) is 62.6 Å². The summed E-state index contributed by atoms with van der Waals surface area (Å²) < 4.78 is 1.77. The van der Waals surface area contributed by atoms with Crippen LogP contribution in [-0.4, -0.2) is 15.6 Å². The Morgan fingerprint density at radius 2 is 1.60 bits per heavy atom. The second-order valence-corrected chi connectivity index (χ2v) is 5.12. The molecule has 0 saturated heterocycles. The quantitative estimate of drug-likeness (QED) is 0.913. The summed E-state index contributed by atoms with van der Waals surface area (Å²) in [7, 11) is 0. The Kier molecular flexibility index (Phi) is 3.49. The van der Waals surface area contributed by atoms with E-state index in [1.54, 1.807) is 11.5 Å². The van der Waals surface area contributed by atoms with Gasteiger partial charge in [0.25, 0.3) is 0 Å². The molecule has 2 rings (SSSR count). The molecule has 20 heavy (non-hydrogen) atoms. The van der Waals surface area contributed by atoms with Crippen molar-refractivity contribution in [1.29, 1.82) is 0 Å². The maximum absolute atomic E-state index is 11.7. The molecule has 0 fully saturated rings. The third-order valence-corrected chi connectivity index (χ3v) is 3.35. The van der Waals surface area contributed by atoms with Crippen molar-refractivity contribution >= 4 is 5.97 Å². The molecule has 4 heteroatoms. The predicted octanol–water partition coefficient (Wildman–Crippen LogP) is 2.77. The first-order chi connectivity index (χ1) is 9.31. The summed E-state index contributed by atoms with van der Waals surface area (Å²) in [4.78, 5) is 22.8. The lowest BCUT2D eigenvalue weighted by Crippen LogP contribution is -2.19. The smallest absolute Gasteiger partial charge is 0.341 e. The highest BCUT2D eigenvalue weighted by atomic mass is 16.4. The highest BCUT2D eigenvalue weighted by Gasteiger charge is 2.14. The lowest BCUT2D eigenvalue weighted by atomic mass is 10.0. The number of rotatable bonds is 2. The number of hydrogen-bond acceptors (Lipinski definition) is 2. The van der Waals surface area contributed by atoms with Crippen molar-refractivity contribution in [3.8, 4) is 5.69 Å². The lowest BCUT2D eigenvalue weighted by molar-refractivity contribution is 0.0694. The molecule has 0 radical (unpaired) electrons. The Balaban J connectivity index is 2.80. The summed E-state index contributed by atoms with van der Waals surface area (Å²) in [6.07, 6.45) is 1.41. The maximum atomic E-state index is 11.7. The molecule has 0 aliphatic carbocycles. The van der Waals surface area contributed by atoms with Gasteiger partial charge in [-0.3, -0.25) is 4.79 Å². The number of carboxylic acids is 1. The van der Waals surface area contributed by atoms with Gasteiger partial charge in [-0.2, -0.15) is 0 Å². The minimum absolute atomic E-state index is 0.213. The molecule has 104 valence electrons. The van der Waals surface area contributed by atoms with E-state index in [2.05, 4.69) is 0 Å². The van der Waals surface area contributed by atoms with Crippen LogP contribution >= 0.6 is 0 Å². The summed E-state index contributed by atoms with van der Waals surface area (Å²) in [5.41, 5.74) is 4.21. The fourth-order valence-electron chi connectivity index (χ4n) is 2.59. The number of carbonyl (C=O) groups is 1. The Labute approximate surface area is 117 Å². The monoisotopic (exact) mass is 271 g/mol. The van der Waals surface area contributed by atoms with Crippen LogP contribution in [0.15, 0.2) is 29.2 Å². The Morgan fingerprint density at radius 3 is 2.10 bits per heavy atom. The van der Waals surface area contributed by atoms with Gasteiger partial charge in [0.1, 0.15) is 5.56 Å². The van der Waals surface area contributed by atoms with Gasteiger partial charge >= 0.3 is 5.97 Å². The molecule has 4 nitrogen and oxygen atoms in total. The second-order valence-electron chi connectivity index (χ2n) is 5.12. The molecular formula is C16H17NO3. The van der Waals surface area contributed by atoms with E-state index in [1.165, 1.54) is 12.3 Å². The van der Waals surface area contributed by atoms with Crippen LogP contribution in [-0.2, 0) is 0 Å². The first-order valence-electron chi connectivity index (χ1n) is 6.36. The van der Waals surface area contributed by atoms with Crippen LogP contribution in [0.1, 0.15) is 32.7 Å². The van der Waals surface area contributed by atoms with Gasteiger partial charge in [0.15, 0.2) is 5.43 Å². The minimum Gasteiger partial charge on any atom is -0.477 e. The lowest BCUT2D eigenvalue weighted by Gasteiger charge is -2.17. The molecular weight excluding hydrogens is 254 g/mol. The van der Waals surface area contributed by atoms with E-state index in [0.29, 0.717) is 0 Å². The van der Waals surface area contributed by atoms with E-state index in [-0.39, 0.29) is 5.56 Å². The van der Waals surface area contributed by atoms with Crippen LogP contribution in [0.3, 0.4) is 0 Å². The van der Waals surface area contributed by atoms with Crippen LogP contribution in [0.5, 0.6) is 0 Å². The Hall–Kier alpha value is -2.36. The molecule has 0 aliphatic rings. The van der Waals surface area contributed by atoms with Crippen molar-refractivity contribution in [3.63, 3.8) is 0 Å². The highest BCUT2D eigenvalue weighted by molar-refractivity contribution is 5.87. The van der Waals surface area contributed by atoms with Crippen LogP contribution in [0.25, 0.3) is 5.69 Å². The van der Waals surface area contributed by atoms with E-state index < -0.39 is 11.4 Å². The average Bonchev–Trinajstić information content (AvgIpc) is 2.29. The van der Waals surface area contributed by atoms with E-state index in [4.69, 9.17) is 5.11 Å². The molecule has 1 aromatic heterocycles. The van der Waals surface area contributed by atoms with Crippen LogP contribution < -0.4 is 5.43 Å². The number of aromatic carboxylic acids is 1. The second kappa shape index (κ2) is 4.96. The minimum atomic E-state index is -1.20. The van der Waals surface area contributed by atoms with Crippen LogP contribution in [0.4, 0.5) is 0 Å². The fraction of sp³-hybridized carbons (Fsp3) is 0.250. The topological polar surface area (TPSA) is 59.3 Å². The van der Waals surface area contributed by atoms with Crippen molar-refractivity contribution < 1.29 is 9.90 Å². The zero-order valence-corrected chi connectivity index (χ0v) is 12.0. The predicted molar refractivity (Wildman–Crippen MR) is 77.9 cm³/mol. The van der Waals surface area contributed by atoms with Gasteiger partial charge in [-0.15, -0.1) is 0 Å². The van der Waals surface area contributed by atoms with E-state index >= 15 is 0 Å². The number of carboxylic acid groups (broad SMARTS) is 1. The Bertz CT molecular complexity index is 734. The van der Waals surface area contributed by atoms with Crippen molar-refractivity contribution in [2.45, 2.75) is 27.7 Å². The third-order valence-electron chi connectivity index (χ3n) is 3.35. The summed E-state index contributed by atoms with van der Waals surface area (Å²) in [5.74, 6) is -1.20. The highest BCUT2D eigenvalue weighted by Crippen LogP contribution is 2.22. The summed E-state index contributed by atoms with van der Waals surface area (Å²) in [5, 5.41) is 9.10. The molecule has 2 aromatic rings. The molecule has 0 atom stereocenters. The molecule has 1 aromatic carbocycles. The number of hydrogen-bond donors (Lipinski definition) is 1. The van der Waals surface area contributed by atoms with Crippen LogP contribution in [0.2, 0.25) is 0 Å². The zero-order chi connectivity index (χ0) is 15.0. The van der Waals surface area contributed by atoms with Crippen molar-refractivity contribution in [1.82, 2.24) is 4.57 Å². The van der Waals surface area contributed by atoms with Gasteiger partial charge in [-0.05, 0) is 38.8 Å². The van der Waals surface area contributed by atoms with Gasteiger partial charge in [0.05, 0.1) is 5.69 Å². The number of aryl methyl sites for hydroxylation is 4. The third kappa shape index (κ3) is 2.37. The maximum Gasteiger partial charge on any atom is 0.341 e. The van der Waals surface area contributed by atoms with Gasteiger partial charge in [0.2, 0.25) is 0 Å². The number of pyridine rings is 1. The molecule has 0 bridgehead atoms. The first-order valence-corrected chi connectivity index (χ1v) is 6.36. The van der Waals surface area contributed by atoms with Gasteiger partial charge in [-0.25, -0.2) is 4.79 Å². The Morgan fingerprint density at radius 1 is 1.05 bits per heavy atom. The first kappa shape index (κ1) is 14.1. The molecule has 1 N–H and O–H groups in total. The molecule has 1 heterocycles. The van der Waals surface area contributed by atoms with Gasteiger partial charge in [-0.1, -0.05) is 17.7 Å². The number of nitrogens with zero attached hydrogens (tertiary/aromatic N) is 1. The molecule has 0 aliphatic heterocycles. The van der Waals surface area contributed by atoms with Gasteiger partial charge in [0, 0.05) is 18.0 Å². The molecule has 0 amide bonds. The average molecular weight is 271 g/mol. The van der Waals surface area contributed by atoms with Crippen molar-refractivity contribution in [2.75, 3.05) is 0 Å². The largest absolute Gasteiger partial charge is 0.477 e. The number of benzene rings is 1. The summed E-state index contributed by atoms with van der Waals surface area (Å²) in [6.45, 7) is 7.77. The fourth-order valence-corrected chi connectivity index (χ4v) is 2.59. The summed E-state index contributed by atoms with van der Waals surface area (Å²) in [6, 6.07) is 5.45. The zero-order valence-electron chi connectivity index (χ0n) is 12.0. The molecule has 0 saturated carbocycles. The standard InChI is InChI=1S/C16H17NO3/c1-9-5-10(2)15(11(3)6-9)17-8-13(16(19)20)14(18)7-12(17)4/h5-8H,1-4H3,(H,19,20). The van der Waals surface area contributed by atoms with E-state index in [9.17, 15) is 9.59 Å². The van der Waals surface area contributed by atoms with E-state index in [1.807, 2.05) is 32.9 Å².